The van der Waals surface area contributed by atoms with E-state index in [1.807, 2.05) is 0 Å². The summed E-state index contributed by atoms with van der Waals surface area (Å²) in [6.45, 7) is 3.86. The first kappa shape index (κ1) is 13.7. The molecule has 0 amide bonds. The van der Waals surface area contributed by atoms with Gasteiger partial charge in [0.05, 0.1) is 6.10 Å². The van der Waals surface area contributed by atoms with Gasteiger partial charge in [-0.15, -0.1) is 6.58 Å². The van der Waals surface area contributed by atoms with Crippen LogP contribution in [0.4, 0.5) is 0 Å². The van der Waals surface area contributed by atoms with E-state index in [0.29, 0.717) is 6.61 Å². The third-order valence-electron chi connectivity index (χ3n) is 2.43. The van der Waals surface area contributed by atoms with Gasteiger partial charge in [0.2, 0.25) is 0 Å². The average molecular weight is 200 g/mol. The van der Waals surface area contributed by atoms with Crippen molar-refractivity contribution in [1.29, 1.82) is 0 Å². The molecular weight excluding hydrogens is 176 g/mol. The molecular formula is C12H24O2. The highest BCUT2D eigenvalue weighted by Gasteiger charge is 1.97. The Morgan fingerprint density at radius 1 is 0.929 bits per heavy atom. The largest absolute Gasteiger partial charge is 0.396 e. The van der Waals surface area contributed by atoms with Crippen molar-refractivity contribution in [2.45, 2.75) is 57.5 Å². The van der Waals surface area contributed by atoms with E-state index in [9.17, 15) is 5.11 Å². The molecule has 1 atom stereocenters. The van der Waals surface area contributed by atoms with Crippen LogP contribution in [-0.2, 0) is 0 Å². The molecule has 0 saturated carbocycles. The van der Waals surface area contributed by atoms with Crippen molar-refractivity contribution in [3.05, 3.63) is 12.7 Å². The Morgan fingerprint density at radius 2 is 1.43 bits per heavy atom. The van der Waals surface area contributed by atoms with E-state index in [1.165, 1.54) is 25.7 Å². The molecule has 0 radical (unpaired) electrons. The molecule has 0 aromatic heterocycles. The Kier molecular flexibility index (Phi) is 10.5. The number of aliphatic hydroxyl groups excluding tert-OH is 2. The Labute approximate surface area is 87.7 Å². The Morgan fingerprint density at radius 3 is 1.93 bits per heavy atom. The van der Waals surface area contributed by atoms with Crippen LogP contribution in [0, 0.1) is 0 Å². The first-order valence-electron chi connectivity index (χ1n) is 5.72. The van der Waals surface area contributed by atoms with Crippen molar-refractivity contribution in [2.24, 2.45) is 0 Å². The molecule has 14 heavy (non-hydrogen) atoms. The van der Waals surface area contributed by atoms with E-state index in [2.05, 4.69) is 6.58 Å². The summed E-state index contributed by atoms with van der Waals surface area (Å²) in [5.74, 6) is 0. The zero-order valence-corrected chi connectivity index (χ0v) is 9.12. The van der Waals surface area contributed by atoms with E-state index in [1.54, 1.807) is 6.08 Å². The number of aliphatic hydroxyl groups is 2. The fourth-order valence-corrected chi connectivity index (χ4v) is 1.47. The van der Waals surface area contributed by atoms with Gasteiger partial charge in [0.1, 0.15) is 0 Å². The maximum atomic E-state index is 9.18. The summed E-state index contributed by atoms with van der Waals surface area (Å²) in [5, 5.41) is 17.7. The molecule has 0 heterocycles. The Hall–Kier alpha value is -0.340. The van der Waals surface area contributed by atoms with Crippen LogP contribution in [-0.4, -0.2) is 22.9 Å². The van der Waals surface area contributed by atoms with E-state index in [0.717, 1.165) is 25.7 Å². The fourth-order valence-electron chi connectivity index (χ4n) is 1.47. The lowest BCUT2D eigenvalue weighted by atomic mass is 10.1. The normalized spacial score (nSPS) is 12.7. The summed E-state index contributed by atoms with van der Waals surface area (Å²) in [5.41, 5.74) is 0. The summed E-state index contributed by atoms with van der Waals surface area (Å²) in [7, 11) is 0. The van der Waals surface area contributed by atoms with Crippen molar-refractivity contribution >= 4 is 0 Å². The molecule has 84 valence electrons. The second kappa shape index (κ2) is 10.7. The average Bonchev–Trinajstić information content (AvgIpc) is 2.21. The maximum Gasteiger partial charge on any atom is 0.0718 e. The summed E-state index contributed by atoms with van der Waals surface area (Å²) < 4.78 is 0. The fraction of sp³-hybridized carbons (Fsp3) is 0.833. The van der Waals surface area contributed by atoms with Gasteiger partial charge in [0.15, 0.2) is 0 Å². The molecule has 2 heteroatoms. The molecule has 0 bridgehead atoms. The predicted molar refractivity (Wildman–Crippen MR) is 60.2 cm³/mol. The van der Waals surface area contributed by atoms with Crippen LogP contribution in [0.25, 0.3) is 0 Å². The van der Waals surface area contributed by atoms with Crippen LogP contribution in [0.1, 0.15) is 51.4 Å². The minimum absolute atomic E-state index is 0.315. The molecule has 1 unspecified atom stereocenters. The SMILES string of the molecule is C=CC(O)CCCCCCCCCO. The standard InChI is InChI=1S/C12H24O2/c1-2-12(14)10-8-6-4-3-5-7-9-11-13/h2,12-14H,1,3-11H2. The minimum atomic E-state index is -0.315. The second-order valence-corrected chi connectivity index (χ2v) is 3.79. The third-order valence-corrected chi connectivity index (χ3v) is 2.43. The zero-order chi connectivity index (χ0) is 10.6. The molecule has 0 fully saturated rings. The highest BCUT2D eigenvalue weighted by atomic mass is 16.3. The molecule has 2 N–H and O–H groups in total. The van der Waals surface area contributed by atoms with E-state index in [-0.39, 0.29) is 6.10 Å². The maximum absolute atomic E-state index is 9.18. The third kappa shape index (κ3) is 9.75. The second-order valence-electron chi connectivity index (χ2n) is 3.79. The van der Waals surface area contributed by atoms with E-state index < -0.39 is 0 Å². The topological polar surface area (TPSA) is 40.5 Å². The zero-order valence-electron chi connectivity index (χ0n) is 9.12. The number of hydrogen-bond donors (Lipinski definition) is 2. The lowest BCUT2D eigenvalue weighted by Gasteiger charge is -2.04. The highest BCUT2D eigenvalue weighted by molar-refractivity contribution is 4.77. The van der Waals surface area contributed by atoms with Crippen molar-refractivity contribution < 1.29 is 10.2 Å². The Balaban J connectivity index is 2.95. The molecule has 0 rings (SSSR count). The van der Waals surface area contributed by atoms with Gasteiger partial charge >= 0.3 is 0 Å². The van der Waals surface area contributed by atoms with Gasteiger partial charge in [-0.3, -0.25) is 0 Å². The quantitative estimate of drug-likeness (QED) is 0.420. The molecule has 0 aliphatic carbocycles. The first-order valence-corrected chi connectivity index (χ1v) is 5.72. The van der Waals surface area contributed by atoms with Crippen LogP contribution in [0.3, 0.4) is 0 Å². The van der Waals surface area contributed by atoms with Gasteiger partial charge in [0.25, 0.3) is 0 Å². The molecule has 0 aromatic carbocycles. The van der Waals surface area contributed by atoms with Crippen LogP contribution >= 0.6 is 0 Å². The molecule has 0 aliphatic heterocycles. The molecule has 0 spiro atoms. The van der Waals surface area contributed by atoms with Gasteiger partial charge in [-0.1, -0.05) is 44.6 Å². The van der Waals surface area contributed by atoms with Crippen LogP contribution in [0.5, 0.6) is 0 Å². The van der Waals surface area contributed by atoms with E-state index in [4.69, 9.17) is 5.11 Å². The number of hydrogen-bond acceptors (Lipinski definition) is 2. The van der Waals surface area contributed by atoms with Crippen molar-refractivity contribution in [3.8, 4) is 0 Å². The molecule has 0 aliphatic rings. The minimum Gasteiger partial charge on any atom is -0.396 e. The lowest BCUT2D eigenvalue weighted by Crippen LogP contribution is -2.00. The highest BCUT2D eigenvalue weighted by Crippen LogP contribution is 2.09. The van der Waals surface area contributed by atoms with Gasteiger partial charge in [-0.25, -0.2) is 0 Å². The van der Waals surface area contributed by atoms with E-state index >= 15 is 0 Å². The summed E-state index contributed by atoms with van der Waals surface area (Å²) in [6, 6.07) is 0. The Bertz CT molecular complexity index is 123. The van der Waals surface area contributed by atoms with Gasteiger partial charge < -0.3 is 10.2 Å². The van der Waals surface area contributed by atoms with Crippen molar-refractivity contribution in [2.75, 3.05) is 6.61 Å². The number of unbranched alkanes of at least 4 members (excludes halogenated alkanes) is 6. The predicted octanol–water partition coefficient (Wildman–Crippen LogP) is 2.65. The summed E-state index contributed by atoms with van der Waals surface area (Å²) in [4.78, 5) is 0. The van der Waals surface area contributed by atoms with Crippen LogP contribution < -0.4 is 0 Å². The molecule has 2 nitrogen and oxygen atoms in total. The van der Waals surface area contributed by atoms with Crippen molar-refractivity contribution in [3.63, 3.8) is 0 Å². The summed E-state index contributed by atoms with van der Waals surface area (Å²) >= 11 is 0. The van der Waals surface area contributed by atoms with Gasteiger partial charge in [-0.2, -0.15) is 0 Å². The summed E-state index contributed by atoms with van der Waals surface area (Å²) in [6.07, 6.45) is 10.2. The van der Waals surface area contributed by atoms with Crippen LogP contribution in [0.2, 0.25) is 0 Å². The lowest BCUT2D eigenvalue weighted by molar-refractivity contribution is 0.208. The monoisotopic (exact) mass is 200 g/mol. The first-order chi connectivity index (χ1) is 6.81. The molecule has 0 aromatic rings. The van der Waals surface area contributed by atoms with Gasteiger partial charge in [-0.05, 0) is 12.8 Å². The van der Waals surface area contributed by atoms with Crippen LogP contribution in [0.15, 0.2) is 12.7 Å². The number of rotatable bonds is 10. The van der Waals surface area contributed by atoms with Crippen molar-refractivity contribution in [1.82, 2.24) is 0 Å². The molecule has 0 saturated heterocycles. The smallest absolute Gasteiger partial charge is 0.0718 e. The van der Waals surface area contributed by atoms with Gasteiger partial charge in [0, 0.05) is 6.61 Å².